The molecule has 0 fully saturated rings. The second-order valence-corrected chi connectivity index (χ2v) is 20.6. The van der Waals surface area contributed by atoms with Crippen LogP contribution in [0.1, 0.15) is 252 Å². The van der Waals surface area contributed by atoms with Gasteiger partial charge in [0, 0.05) is 19.3 Å². The Kier molecular flexibility index (Phi) is 62.5. The van der Waals surface area contributed by atoms with Crippen LogP contribution in [0, 0.1) is 0 Å². The number of hydrogen-bond acceptors (Lipinski definition) is 6. The molecule has 0 aromatic heterocycles. The summed E-state index contributed by atoms with van der Waals surface area (Å²) in [6, 6.07) is 0. The summed E-state index contributed by atoms with van der Waals surface area (Å²) in [4.78, 5) is 38.2. The summed E-state index contributed by atoms with van der Waals surface area (Å²) in [5.41, 5.74) is 0. The van der Waals surface area contributed by atoms with E-state index in [1.165, 1.54) is 64.2 Å². The monoisotopic (exact) mass is 1110 g/mol. The predicted octanol–water partition coefficient (Wildman–Crippen LogP) is 22.4. The fourth-order valence-corrected chi connectivity index (χ4v) is 8.15. The lowest BCUT2D eigenvalue weighted by Gasteiger charge is -2.18. The maximum Gasteiger partial charge on any atom is 0.306 e. The molecule has 0 saturated heterocycles. The van der Waals surface area contributed by atoms with Gasteiger partial charge in [0.25, 0.3) is 0 Å². The van der Waals surface area contributed by atoms with Gasteiger partial charge in [-0.05, 0) is 135 Å². The lowest BCUT2D eigenvalue weighted by atomic mass is 10.0. The molecule has 1 unspecified atom stereocenters. The molecule has 452 valence electrons. The molecule has 6 heteroatoms. The highest BCUT2D eigenvalue weighted by atomic mass is 16.6. The van der Waals surface area contributed by atoms with Crippen molar-refractivity contribution in [2.75, 3.05) is 13.2 Å². The van der Waals surface area contributed by atoms with Crippen LogP contribution in [0.5, 0.6) is 0 Å². The molecule has 0 heterocycles. The first-order valence-electron chi connectivity index (χ1n) is 32.3. The van der Waals surface area contributed by atoms with Gasteiger partial charge in [-0.25, -0.2) is 0 Å². The molecule has 0 aromatic rings. The van der Waals surface area contributed by atoms with Crippen LogP contribution in [-0.2, 0) is 28.6 Å². The highest BCUT2D eigenvalue weighted by molar-refractivity contribution is 5.71. The van der Waals surface area contributed by atoms with Crippen molar-refractivity contribution in [2.45, 2.75) is 258 Å². The molecule has 0 rings (SSSR count). The van der Waals surface area contributed by atoms with Crippen LogP contribution < -0.4 is 0 Å². The Bertz CT molecular complexity index is 1900. The Balaban J connectivity index is 4.46. The molecule has 0 aliphatic heterocycles. The Morgan fingerprint density at radius 1 is 0.259 bits per heavy atom. The van der Waals surface area contributed by atoms with Crippen LogP contribution in [0.4, 0.5) is 0 Å². The van der Waals surface area contributed by atoms with Crippen molar-refractivity contribution in [2.24, 2.45) is 0 Å². The molecule has 0 aliphatic rings. The lowest BCUT2D eigenvalue weighted by Crippen LogP contribution is -2.30. The van der Waals surface area contributed by atoms with Crippen LogP contribution in [0.25, 0.3) is 0 Å². The van der Waals surface area contributed by atoms with Crippen LogP contribution in [0.15, 0.2) is 182 Å². The summed E-state index contributed by atoms with van der Waals surface area (Å²) in [5, 5.41) is 0. The summed E-state index contributed by atoms with van der Waals surface area (Å²) in [7, 11) is 0. The minimum atomic E-state index is -0.835. The third-order valence-corrected chi connectivity index (χ3v) is 12.9. The number of unbranched alkanes of at least 4 members (excludes halogenated alkanes) is 15. The first kappa shape index (κ1) is 75.5. The topological polar surface area (TPSA) is 78.9 Å². The normalized spacial score (nSPS) is 13.4. The van der Waals surface area contributed by atoms with Gasteiger partial charge in [-0.15, -0.1) is 0 Å². The van der Waals surface area contributed by atoms with Gasteiger partial charge in [0.05, 0.1) is 0 Å². The molecule has 81 heavy (non-hydrogen) atoms. The fraction of sp³-hybridized carbons (Fsp3) is 0.560. The van der Waals surface area contributed by atoms with E-state index in [2.05, 4.69) is 203 Å². The first-order chi connectivity index (χ1) is 40.0. The van der Waals surface area contributed by atoms with Crippen molar-refractivity contribution >= 4 is 17.9 Å². The number of ether oxygens (including phenoxy) is 3. The minimum Gasteiger partial charge on any atom is -0.462 e. The van der Waals surface area contributed by atoms with E-state index in [0.29, 0.717) is 19.3 Å². The SMILES string of the molecule is CC/C=C\C/C=C\C/C=C\C/C=C\C/C=C\C/C=C\C/C=C\C/C=C\C/C=C\C/C=C\CCCCC(=O)OCC(COC(=O)CCCCCCCCCCCCCCC)OC(=O)CCC/C=C\C/C=C\C/C=C\C/C=C\C/C=C\CC. The van der Waals surface area contributed by atoms with Gasteiger partial charge < -0.3 is 14.2 Å². The van der Waals surface area contributed by atoms with E-state index in [9.17, 15) is 14.4 Å². The van der Waals surface area contributed by atoms with Crippen LogP contribution >= 0.6 is 0 Å². The van der Waals surface area contributed by atoms with Gasteiger partial charge in [0.15, 0.2) is 6.10 Å². The molecule has 0 radical (unpaired) electrons. The molecule has 0 bridgehead atoms. The number of carbonyl (C=O) groups excluding carboxylic acids is 3. The molecule has 1 atom stereocenters. The van der Waals surface area contributed by atoms with Gasteiger partial charge in [-0.3, -0.25) is 14.4 Å². The molecule has 0 aromatic carbocycles. The van der Waals surface area contributed by atoms with Gasteiger partial charge in [0.2, 0.25) is 0 Å². The number of hydrogen-bond donors (Lipinski definition) is 0. The second kappa shape index (κ2) is 67.0. The Morgan fingerprint density at radius 3 is 0.790 bits per heavy atom. The number of carbonyl (C=O) groups is 3. The van der Waals surface area contributed by atoms with Gasteiger partial charge >= 0.3 is 17.9 Å². The third kappa shape index (κ3) is 65.2. The molecule has 0 saturated carbocycles. The zero-order valence-corrected chi connectivity index (χ0v) is 51.7. The maximum absolute atomic E-state index is 12.9. The largest absolute Gasteiger partial charge is 0.462 e. The van der Waals surface area contributed by atoms with E-state index >= 15 is 0 Å². The van der Waals surface area contributed by atoms with Crippen molar-refractivity contribution < 1.29 is 28.6 Å². The van der Waals surface area contributed by atoms with E-state index < -0.39 is 6.10 Å². The zero-order chi connectivity index (χ0) is 58.5. The van der Waals surface area contributed by atoms with Gasteiger partial charge in [-0.1, -0.05) is 280 Å². The quantitative estimate of drug-likeness (QED) is 0.0261. The van der Waals surface area contributed by atoms with E-state index in [0.717, 1.165) is 135 Å². The van der Waals surface area contributed by atoms with E-state index in [4.69, 9.17) is 14.2 Å². The highest BCUT2D eigenvalue weighted by Gasteiger charge is 2.19. The Labute approximate surface area is 497 Å². The van der Waals surface area contributed by atoms with E-state index in [1.54, 1.807) is 0 Å². The van der Waals surface area contributed by atoms with Crippen LogP contribution in [0.2, 0.25) is 0 Å². The molecule has 6 nitrogen and oxygen atoms in total. The molecular formula is C75H116O6. The van der Waals surface area contributed by atoms with Crippen molar-refractivity contribution in [1.82, 2.24) is 0 Å². The smallest absolute Gasteiger partial charge is 0.306 e. The summed E-state index contributed by atoms with van der Waals surface area (Å²) in [5.74, 6) is -1.03. The molecule has 0 amide bonds. The van der Waals surface area contributed by atoms with Crippen LogP contribution in [0.3, 0.4) is 0 Å². The Morgan fingerprint density at radius 2 is 0.494 bits per heavy atom. The highest BCUT2D eigenvalue weighted by Crippen LogP contribution is 2.14. The minimum absolute atomic E-state index is 0.121. The number of allylic oxidation sites excluding steroid dienone is 30. The standard InChI is InChI=1S/C75H116O6/c1-4-7-10-13-16-19-22-25-27-29-30-31-32-33-34-35-36-37-38-39-40-41-42-43-44-46-47-50-53-56-59-62-65-68-74(77)80-71-72(70-79-73(76)67-64-61-58-55-52-49-24-21-18-15-12-9-6-3)81-75(78)69-66-63-60-57-54-51-48-45-28-26-23-20-17-14-11-8-5-2/h7-8,10-11,16-17,19-20,25-28,30-31,33-34,36-37,39-40,42-43,46-48,51,53,56-57,60,72H,4-6,9,12-15,18,21-24,29,32,35,38,41,44-45,49-50,52,54-55,58-59,61-71H2,1-3H3/b10-7-,11-8-,19-16-,20-17-,27-25-,28-26-,31-30-,34-33-,37-36-,40-39-,43-42-,47-46-,51-48-,56-53-,60-57-. The average molecular weight is 1110 g/mol. The van der Waals surface area contributed by atoms with Gasteiger partial charge in [-0.2, -0.15) is 0 Å². The average Bonchev–Trinajstić information content (AvgIpc) is 3.46. The van der Waals surface area contributed by atoms with Gasteiger partial charge in [0.1, 0.15) is 13.2 Å². The van der Waals surface area contributed by atoms with Crippen LogP contribution in [-0.4, -0.2) is 37.2 Å². The lowest BCUT2D eigenvalue weighted by molar-refractivity contribution is -0.167. The number of esters is 3. The maximum atomic E-state index is 12.9. The zero-order valence-electron chi connectivity index (χ0n) is 51.7. The molecular weight excluding hydrogens is 997 g/mol. The fourth-order valence-electron chi connectivity index (χ4n) is 8.15. The van der Waals surface area contributed by atoms with Crippen molar-refractivity contribution in [1.29, 1.82) is 0 Å². The van der Waals surface area contributed by atoms with E-state index in [1.807, 2.05) is 0 Å². The van der Waals surface area contributed by atoms with Crippen molar-refractivity contribution in [3.63, 3.8) is 0 Å². The molecule has 0 N–H and O–H groups in total. The molecule has 0 aliphatic carbocycles. The number of rotatable bonds is 56. The first-order valence-corrected chi connectivity index (χ1v) is 32.3. The predicted molar refractivity (Wildman–Crippen MR) is 352 cm³/mol. The van der Waals surface area contributed by atoms with E-state index in [-0.39, 0.29) is 44.0 Å². The van der Waals surface area contributed by atoms with Crippen molar-refractivity contribution in [3.8, 4) is 0 Å². The third-order valence-electron chi connectivity index (χ3n) is 12.9. The Hall–Kier alpha value is -5.49. The second-order valence-electron chi connectivity index (χ2n) is 20.6. The summed E-state index contributed by atoms with van der Waals surface area (Å²) in [6.45, 7) is 6.32. The molecule has 0 spiro atoms. The summed E-state index contributed by atoms with van der Waals surface area (Å²) >= 11 is 0. The summed E-state index contributed by atoms with van der Waals surface area (Å²) < 4.78 is 16.8. The summed E-state index contributed by atoms with van der Waals surface area (Å²) in [6.07, 6.45) is 101. The van der Waals surface area contributed by atoms with Crippen molar-refractivity contribution in [3.05, 3.63) is 182 Å².